The summed E-state index contributed by atoms with van der Waals surface area (Å²) in [4.78, 5) is 1.49. The van der Waals surface area contributed by atoms with Crippen molar-refractivity contribution in [2.75, 3.05) is 27.2 Å². The molecule has 0 aliphatic rings. The van der Waals surface area contributed by atoms with E-state index in [0.717, 1.165) is 25.3 Å². The molecule has 0 unspecified atom stereocenters. The number of aryl methyl sites for hydroxylation is 1. The minimum Gasteiger partial charge on any atom is -0.494 e. The van der Waals surface area contributed by atoms with Crippen LogP contribution < -0.4 is 14.2 Å². The van der Waals surface area contributed by atoms with E-state index in [1.807, 2.05) is 0 Å². The van der Waals surface area contributed by atoms with E-state index in [1.165, 1.54) is 125 Å². The molecule has 3 heteroatoms. The van der Waals surface area contributed by atoms with Crippen molar-refractivity contribution in [1.29, 1.82) is 0 Å². The molecule has 0 spiro atoms. The predicted molar refractivity (Wildman–Crippen MR) is 247 cm³/mol. The highest BCUT2D eigenvalue weighted by Crippen LogP contribution is 2.38. The van der Waals surface area contributed by atoms with Crippen molar-refractivity contribution in [2.45, 2.75) is 77.7 Å². The van der Waals surface area contributed by atoms with Crippen LogP contribution in [0, 0.1) is 0 Å². The normalized spacial score (nSPS) is 11.9. The third-order valence-electron chi connectivity index (χ3n) is 10.9. The van der Waals surface area contributed by atoms with E-state index in [2.05, 4.69) is 196 Å². The topological polar surface area (TPSA) is 17.6 Å². The van der Waals surface area contributed by atoms with Gasteiger partial charge < -0.3 is 9.64 Å². The Morgan fingerprint density at radius 2 is 0.931 bits per heavy atom. The molecule has 0 fully saturated rings. The molecular weight excluding hydrogens is 705 g/mol. The maximum atomic E-state index is 6.23. The molecule has 0 radical (unpaired) electrons. The Labute approximate surface area is 349 Å². The van der Waals surface area contributed by atoms with Gasteiger partial charge in [0.1, 0.15) is 5.75 Å². The van der Waals surface area contributed by atoms with Crippen molar-refractivity contribution in [3.8, 4) is 16.9 Å². The number of hydrogen-bond acceptors (Lipinski definition) is 1. The molecular formula is C55H64N2O+2. The SMILES string of the molecule is CCCCCCCCCCCOc1ccc(/C(=C(\c2ccccc2)c2ccc(-c3ccc(/C=C/c4cc[n+](CCC[NH+](C)C)cc4)cc3)cc2)c2ccccc2)cc1. The van der Waals surface area contributed by atoms with Crippen LogP contribution in [0.5, 0.6) is 5.75 Å². The second kappa shape index (κ2) is 23.0. The van der Waals surface area contributed by atoms with Crippen molar-refractivity contribution in [2.24, 2.45) is 0 Å². The van der Waals surface area contributed by atoms with E-state index >= 15 is 0 Å². The van der Waals surface area contributed by atoms with Crippen molar-refractivity contribution < 1.29 is 14.2 Å². The molecule has 6 aromatic rings. The van der Waals surface area contributed by atoms with Crippen LogP contribution in [0.15, 0.2) is 158 Å². The molecule has 6 rings (SSSR count). The number of aromatic nitrogens is 1. The highest BCUT2D eigenvalue weighted by atomic mass is 16.5. The van der Waals surface area contributed by atoms with Gasteiger partial charge >= 0.3 is 0 Å². The molecule has 3 nitrogen and oxygen atoms in total. The number of unbranched alkanes of at least 4 members (excludes halogenated alkanes) is 8. The van der Waals surface area contributed by atoms with Gasteiger partial charge in [0.25, 0.3) is 0 Å². The number of ether oxygens (including phenoxy) is 1. The minimum absolute atomic E-state index is 0.768. The van der Waals surface area contributed by atoms with E-state index in [0.29, 0.717) is 0 Å². The summed E-state index contributed by atoms with van der Waals surface area (Å²) in [5.41, 5.74) is 11.9. The molecule has 5 aromatic carbocycles. The average Bonchev–Trinajstić information content (AvgIpc) is 3.27. The van der Waals surface area contributed by atoms with Gasteiger partial charge in [0, 0.05) is 12.1 Å². The number of nitrogens with zero attached hydrogens (tertiary/aromatic N) is 1. The quantitative estimate of drug-likeness (QED) is 0.0414. The van der Waals surface area contributed by atoms with Crippen LogP contribution in [0.25, 0.3) is 34.4 Å². The van der Waals surface area contributed by atoms with Crippen LogP contribution in [-0.2, 0) is 6.54 Å². The lowest BCUT2D eigenvalue weighted by molar-refractivity contribution is -0.861. The number of quaternary nitrogens is 1. The lowest BCUT2D eigenvalue weighted by atomic mass is 9.85. The van der Waals surface area contributed by atoms with Crippen molar-refractivity contribution in [1.82, 2.24) is 0 Å². The van der Waals surface area contributed by atoms with E-state index in [4.69, 9.17) is 4.74 Å². The van der Waals surface area contributed by atoms with Gasteiger partial charge in [0.15, 0.2) is 18.9 Å². The third-order valence-corrected chi connectivity index (χ3v) is 10.9. The summed E-state index contributed by atoms with van der Waals surface area (Å²) in [6.45, 7) is 5.28. The Balaban J connectivity index is 1.17. The Bertz CT molecular complexity index is 2110. The number of benzene rings is 5. The van der Waals surface area contributed by atoms with Gasteiger partial charge in [-0.15, -0.1) is 0 Å². The summed E-state index contributed by atoms with van der Waals surface area (Å²) < 4.78 is 8.50. The fourth-order valence-corrected chi connectivity index (χ4v) is 7.59. The average molecular weight is 769 g/mol. The zero-order valence-electron chi connectivity index (χ0n) is 35.2. The van der Waals surface area contributed by atoms with Crippen LogP contribution in [0.3, 0.4) is 0 Å². The molecule has 0 bridgehead atoms. The highest BCUT2D eigenvalue weighted by Gasteiger charge is 2.17. The summed E-state index contributed by atoms with van der Waals surface area (Å²) in [5, 5.41) is 0. The van der Waals surface area contributed by atoms with Crippen LogP contribution in [0.4, 0.5) is 0 Å². The highest BCUT2D eigenvalue weighted by molar-refractivity contribution is 6.04. The van der Waals surface area contributed by atoms with Gasteiger partial charge in [0.2, 0.25) is 0 Å². The molecule has 0 saturated heterocycles. The second-order valence-corrected chi connectivity index (χ2v) is 15.9. The van der Waals surface area contributed by atoms with Crippen LogP contribution in [0.2, 0.25) is 0 Å². The maximum Gasteiger partial charge on any atom is 0.169 e. The summed E-state index contributed by atoms with van der Waals surface area (Å²) in [6, 6.07) is 52.7. The second-order valence-electron chi connectivity index (χ2n) is 15.9. The number of nitrogens with one attached hydrogen (secondary N) is 1. The summed E-state index contributed by atoms with van der Waals surface area (Å²) in [7, 11) is 4.41. The maximum absolute atomic E-state index is 6.23. The number of pyridine rings is 1. The molecule has 0 amide bonds. The van der Waals surface area contributed by atoms with Gasteiger partial charge in [-0.1, -0.05) is 192 Å². The van der Waals surface area contributed by atoms with Crippen molar-refractivity contribution >= 4 is 23.3 Å². The molecule has 0 aliphatic carbocycles. The van der Waals surface area contributed by atoms with Crippen molar-refractivity contribution in [3.63, 3.8) is 0 Å². The van der Waals surface area contributed by atoms with Crippen LogP contribution in [0.1, 0.15) is 105 Å². The van der Waals surface area contributed by atoms with Crippen molar-refractivity contribution in [3.05, 3.63) is 191 Å². The lowest BCUT2D eigenvalue weighted by Gasteiger charge is -2.19. The molecule has 1 aromatic heterocycles. The van der Waals surface area contributed by atoms with Gasteiger partial charge in [-0.3, -0.25) is 0 Å². The largest absolute Gasteiger partial charge is 0.494 e. The zero-order chi connectivity index (χ0) is 40.2. The Morgan fingerprint density at radius 3 is 1.45 bits per heavy atom. The van der Waals surface area contributed by atoms with E-state index in [9.17, 15) is 0 Å². The molecule has 298 valence electrons. The van der Waals surface area contributed by atoms with Gasteiger partial charge in [0.05, 0.1) is 33.7 Å². The summed E-state index contributed by atoms with van der Waals surface area (Å²) in [5.74, 6) is 0.933. The van der Waals surface area contributed by atoms with Gasteiger partial charge in [-0.2, -0.15) is 0 Å². The van der Waals surface area contributed by atoms with Gasteiger partial charge in [-0.25, -0.2) is 4.57 Å². The standard InChI is InChI=1S/C55H63N2O/c1-4-5-6-7-8-9-10-11-18-44-58-53-36-34-52(35-37-53)55(50-22-16-13-17-23-50)54(49-20-14-12-15-21-49)51-32-30-48(31-33-51)47-28-26-45(27-29-47)24-25-46-38-42-57(43-39-46)41-19-40-56(2)3/h12-17,20-39,42-43H,4-11,18-19,40-41,44H2,1-3H3/q+1/p+1/b25-24+,55-54+. The fraction of sp³-hybridized carbons (Fsp3) is 0.291. The van der Waals surface area contributed by atoms with Crippen LogP contribution >= 0.6 is 0 Å². The van der Waals surface area contributed by atoms with Crippen LogP contribution in [-0.4, -0.2) is 27.2 Å². The lowest BCUT2D eigenvalue weighted by Crippen LogP contribution is -3.05. The van der Waals surface area contributed by atoms with Gasteiger partial charge in [-0.05, 0) is 74.2 Å². The molecule has 1 N–H and O–H groups in total. The first-order valence-electron chi connectivity index (χ1n) is 21.8. The zero-order valence-corrected chi connectivity index (χ0v) is 35.2. The third kappa shape index (κ3) is 13.0. The summed E-state index contributed by atoms with van der Waals surface area (Å²) in [6.07, 6.45) is 21.8. The molecule has 0 atom stereocenters. The molecule has 58 heavy (non-hydrogen) atoms. The first-order valence-corrected chi connectivity index (χ1v) is 21.8. The van der Waals surface area contributed by atoms with E-state index in [-0.39, 0.29) is 0 Å². The Hall–Kier alpha value is -5.51. The molecule has 0 aliphatic heterocycles. The monoisotopic (exact) mass is 769 g/mol. The smallest absolute Gasteiger partial charge is 0.169 e. The van der Waals surface area contributed by atoms with E-state index < -0.39 is 0 Å². The first kappa shape index (κ1) is 42.1. The predicted octanol–water partition coefficient (Wildman–Crippen LogP) is 12.3. The minimum atomic E-state index is 0.768. The Kier molecular flexibility index (Phi) is 16.7. The summed E-state index contributed by atoms with van der Waals surface area (Å²) >= 11 is 0. The fourth-order valence-electron chi connectivity index (χ4n) is 7.59. The molecule has 1 heterocycles. The number of rotatable bonds is 22. The molecule has 0 saturated carbocycles. The first-order chi connectivity index (χ1) is 28.6. The Morgan fingerprint density at radius 1 is 0.483 bits per heavy atom. The number of hydrogen-bond donors (Lipinski definition) is 1. The van der Waals surface area contributed by atoms with E-state index in [1.54, 1.807) is 0 Å².